The molecule has 2 rings (SSSR count). The number of anilines is 2. The zero-order valence-corrected chi connectivity index (χ0v) is 9.97. The van der Waals surface area contributed by atoms with E-state index in [0.717, 1.165) is 18.7 Å². The van der Waals surface area contributed by atoms with Crippen molar-refractivity contribution in [1.29, 1.82) is 5.26 Å². The molecule has 1 aliphatic heterocycles. The first-order valence-corrected chi connectivity index (χ1v) is 5.89. The standard InChI is InChI=1S/C13H15N3O2/c14-7-5-13(18)15-11-3-1-2-4-12(11)16-8-6-10(17)9-16/h1-4,10,17H,5-6,8-9H2,(H,15,18). The summed E-state index contributed by atoms with van der Waals surface area (Å²) in [6, 6.07) is 9.24. The third-order valence-electron chi connectivity index (χ3n) is 2.92. The molecule has 1 unspecified atom stereocenters. The highest BCUT2D eigenvalue weighted by Gasteiger charge is 2.22. The topological polar surface area (TPSA) is 76.4 Å². The van der Waals surface area contributed by atoms with Crippen LogP contribution in [0, 0.1) is 11.3 Å². The van der Waals surface area contributed by atoms with Crippen molar-refractivity contribution in [2.75, 3.05) is 23.3 Å². The van der Waals surface area contributed by atoms with Crippen molar-refractivity contribution in [3.63, 3.8) is 0 Å². The van der Waals surface area contributed by atoms with E-state index in [1.54, 1.807) is 6.07 Å². The molecular weight excluding hydrogens is 230 g/mol. The van der Waals surface area contributed by atoms with Gasteiger partial charge in [-0.2, -0.15) is 5.26 Å². The highest BCUT2D eigenvalue weighted by atomic mass is 16.3. The van der Waals surface area contributed by atoms with Crippen molar-refractivity contribution in [3.8, 4) is 6.07 Å². The zero-order valence-electron chi connectivity index (χ0n) is 9.97. The van der Waals surface area contributed by atoms with E-state index in [2.05, 4.69) is 5.32 Å². The lowest BCUT2D eigenvalue weighted by Crippen LogP contribution is -2.23. The van der Waals surface area contributed by atoms with Crippen LogP contribution in [0.2, 0.25) is 0 Å². The normalized spacial score (nSPS) is 18.4. The number of amides is 1. The maximum Gasteiger partial charge on any atom is 0.238 e. The highest BCUT2D eigenvalue weighted by molar-refractivity contribution is 5.95. The summed E-state index contributed by atoms with van der Waals surface area (Å²) in [5, 5.41) is 20.7. The van der Waals surface area contributed by atoms with Crippen molar-refractivity contribution >= 4 is 17.3 Å². The summed E-state index contributed by atoms with van der Waals surface area (Å²) in [4.78, 5) is 13.5. The van der Waals surface area contributed by atoms with Crippen LogP contribution in [0.5, 0.6) is 0 Å². The van der Waals surface area contributed by atoms with Crippen molar-refractivity contribution < 1.29 is 9.90 Å². The van der Waals surface area contributed by atoms with Gasteiger partial charge < -0.3 is 15.3 Å². The maximum absolute atomic E-state index is 11.4. The van der Waals surface area contributed by atoms with Gasteiger partial charge in [0.25, 0.3) is 0 Å². The molecule has 0 radical (unpaired) electrons. The average Bonchev–Trinajstić information content (AvgIpc) is 2.77. The molecule has 1 heterocycles. The average molecular weight is 245 g/mol. The molecule has 1 saturated heterocycles. The predicted octanol–water partition coefficient (Wildman–Crippen LogP) is 1.11. The van der Waals surface area contributed by atoms with Gasteiger partial charge in [-0.05, 0) is 18.6 Å². The SMILES string of the molecule is N#CCC(=O)Nc1ccccc1N1CCC(O)C1. The van der Waals surface area contributed by atoms with Gasteiger partial charge in [-0.15, -0.1) is 0 Å². The number of hydrogen-bond donors (Lipinski definition) is 2. The Morgan fingerprint density at radius 2 is 2.33 bits per heavy atom. The van der Waals surface area contributed by atoms with Crippen LogP contribution in [-0.4, -0.2) is 30.2 Å². The Hall–Kier alpha value is -2.06. The first-order valence-electron chi connectivity index (χ1n) is 5.89. The molecule has 1 aromatic rings. The number of carbonyl (C=O) groups excluding carboxylic acids is 1. The Morgan fingerprint density at radius 1 is 1.56 bits per heavy atom. The van der Waals surface area contributed by atoms with E-state index >= 15 is 0 Å². The van der Waals surface area contributed by atoms with Crippen LogP contribution in [0.4, 0.5) is 11.4 Å². The Morgan fingerprint density at radius 3 is 3.00 bits per heavy atom. The molecule has 0 aromatic heterocycles. The highest BCUT2D eigenvalue weighted by Crippen LogP contribution is 2.28. The number of aliphatic hydroxyl groups is 1. The molecule has 5 nitrogen and oxygen atoms in total. The number of hydrogen-bond acceptors (Lipinski definition) is 4. The Balaban J connectivity index is 2.15. The fraction of sp³-hybridized carbons (Fsp3) is 0.385. The third-order valence-corrected chi connectivity index (χ3v) is 2.92. The summed E-state index contributed by atoms with van der Waals surface area (Å²) in [5.41, 5.74) is 1.58. The van der Waals surface area contributed by atoms with E-state index in [4.69, 9.17) is 5.26 Å². The summed E-state index contributed by atoms with van der Waals surface area (Å²) in [7, 11) is 0. The van der Waals surface area contributed by atoms with E-state index in [9.17, 15) is 9.90 Å². The van der Waals surface area contributed by atoms with Crippen molar-refractivity contribution in [3.05, 3.63) is 24.3 Å². The second-order valence-corrected chi connectivity index (χ2v) is 4.29. The van der Waals surface area contributed by atoms with Gasteiger partial charge in [0.1, 0.15) is 6.42 Å². The van der Waals surface area contributed by atoms with Crippen LogP contribution in [0.15, 0.2) is 24.3 Å². The number of nitriles is 1. The molecular formula is C13H15N3O2. The van der Waals surface area contributed by atoms with Gasteiger partial charge in [-0.25, -0.2) is 0 Å². The minimum Gasteiger partial charge on any atom is -0.391 e. The third kappa shape index (κ3) is 2.79. The van der Waals surface area contributed by atoms with Gasteiger partial charge in [0, 0.05) is 13.1 Å². The van der Waals surface area contributed by atoms with E-state index in [1.165, 1.54) is 0 Å². The molecule has 1 atom stereocenters. The molecule has 0 bridgehead atoms. The molecule has 0 spiro atoms. The van der Waals surface area contributed by atoms with Gasteiger partial charge in [0.05, 0.1) is 23.5 Å². The van der Waals surface area contributed by atoms with Crippen LogP contribution in [0.25, 0.3) is 0 Å². The van der Waals surface area contributed by atoms with Crippen molar-refractivity contribution in [2.45, 2.75) is 18.9 Å². The minimum atomic E-state index is -0.315. The van der Waals surface area contributed by atoms with Gasteiger partial charge in [-0.1, -0.05) is 12.1 Å². The molecule has 0 aliphatic carbocycles. The van der Waals surface area contributed by atoms with E-state index < -0.39 is 0 Å². The molecule has 94 valence electrons. The predicted molar refractivity (Wildman–Crippen MR) is 68.1 cm³/mol. The summed E-state index contributed by atoms with van der Waals surface area (Å²) < 4.78 is 0. The van der Waals surface area contributed by atoms with Crippen LogP contribution >= 0.6 is 0 Å². The molecule has 5 heteroatoms. The second kappa shape index (κ2) is 5.52. The van der Waals surface area contributed by atoms with Crippen LogP contribution < -0.4 is 10.2 Å². The van der Waals surface area contributed by atoms with Crippen LogP contribution in [0.3, 0.4) is 0 Å². The largest absolute Gasteiger partial charge is 0.391 e. The molecule has 18 heavy (non-hydrogen) atoms. The molecule has 0 saturated carbocycles. The maximum atomic E-state index is 11.4. The molecule has 1 aliphatic rings. The fourth-order valence-electron chi connectivity index (χ4n) is 2.08. The second-order valence-electron chi connectivity index (χ2n) is 4.29. The first-order chi connectivity index (χ1) is 8.70. The Kier molecular flexibility index (Phi) is 3.80. The Labute approximate surface area is 106 Å². The van der Waals surface area contributed by atoms with Gasteiger partial charge in [0.2, 0.25) is 5.91 Å². The van der Waals surface area contributed by atoms with E-state index in [0.29, 0.717) is 12.2 Å². The number of benzene rings is 1. The summed E-state index contributed by atoms with van der Waals surface area (Å²) in [6.07, 6.45) is 0.269. The molecule has 1 fully saturated rings. The van der Waals surface area contributed by atoms with E-state index in [1.807, 2.05) is 29.2 Å². The Bertz CT molecular complexity index is 481. The summed E-state index contributed by atoms with van der Waals surface area (Å²) in [6.45, 7) is 1.34. The summed E-state index contributed by atoms with van der Waals surface area (Å²) >= 11 is 0. The van der Waals surface area contributed by atoms with Crippen LogP contribution in [0.1, 0.15) is 12.8 Å². The van der Waals surface area contributed by atoms with Gasteiger partial charge in [0.15, 0.2) is 0 Å². The molecule has 1 amide bonds. The van der Waals surface area contributed by atoms with Gasteiger partial charge >= 0.3 is 0 Å². The number of carbonyl (C=O) groups is 1. The smallest absolute Gasteiger partial charge is 0.238 e. The fourth-order valence-corrected chi connectivity index (χ4v) is 2.08. The summed E-state index contributed by atoms with van der Waals surface area (Å²) in [5.74, 6) is -0.315. The lowest BCUT2D eigenvalue weighted by Gasteiger charge is -2.21. The number of nitrogens with zero attached hydrogens (tertiary/aromatic N) is 2. The number of rotatable bonds is 3. The lowest BCUT2D eigenvalue weighted by molar-refractivity contribution is -0.115. The van der Waals surface area contributed by atoms with Crippen molar-refractivity contribution in [1.82, 2.24) is 0 Å². The lowest BCUT2D eigenvalue weighted by atomic mass is 10.2. The monoisotopic (exact) mass is 245 g/mol. The number of para-hydroxylation sites is 2. The number of nitrogens with one attached hydrogen (secondary N) is 1. The van der Waals surface area contributed by atoms with Crippen molar-refractivity contribution in [2.24, 2.45) is 0 Å². The molecule has 1 aromatic carbocycles. The minimum absolute atomic E-state index is 0.156. The zero-order chi connectivity index (χ0) is 13.0. The number of aliphatic hydroxyl groups excluding tert-OH is 1. The van der Waals surface area contributed by atoms with Gasteiger partial charge in [-0.3, -0.25) is 4.79 Å². The van der Waals surface area contributed by atoms with Crippen LogP contribution in [-0.2, 0) is 4.79 Å². The molecule has 2 N–H and O–H groups in total. The first kappa shape index (κ1) is 12.4. The van der Waals surface area contributed by atoms with E-state index in [-0.39, 0.29) is 18.4 Å². The quantitative estimate of drug-likeness (QED) is 0.836. The number of β-amino-alcohol motifs (C(OH)–C–C–N with tert-alkyl or cyclic N) is 1.